The number of aryl methyl sites for hydroxylation is 2. The molecule has 0 aliphatic heterocycles. The van der Waals surface area contributed by atoms with Crippen LogP contribution in [0, 0.1) is 0 Å². The van der Waals surface area contributed by atoms with Gasteiger partial charge in [-0.05, 0) is 43.0 Å². The third-order valence-electron chi connectivity index (χ3n) is 5.50. The minimum atomic E-state index is -0.0120. The van der Waals surface area contributed by atoms with Crippen LogP contribution in [-0.2, 0) is 13.0 Å². The number of carbonyl (C=O) groups excluding carboxylic acids is 1. The van der Waals surface area contributed by atoms with Gasteiger partial charge in [0, 0.05) is 18.5 Å². The van der Waals surface area contributed by atoms with Crippen LogP contribution in [0.5, 0.6) is 5.75 Å². The van der Waals surface area contributed by atoms with Gasteiger partial charge >= 0.3 is 0 Å². The molecule has 0 fully saturated rings. The Labute approximate surface area is 185 Å². The third-order valence-corrected chi connectivity index (χ3v) is 5.50. The Morgan fingerprint density at radius 1 is 1.06 bits per heavy atom. The van der Waals surface area contributed by atoms with Gasteiger partial charge in [-0.3, -0.25) is 4.79 Å². The van der Waals surface area contributed by atoms with Gasteiger partial charge in [0.05, 0.1) is 5.52 Å². The Morgan fingerprint density at radius 3 is 2.68 bits per heavy atom. The smallest absolute Gasteiger partial charge is 0.267 e. The second kappa shape index (κ2) is 12.0. The van der Waals surface area contributed by atoms with E-state index in [1.165, 1.54) is 18.4 Å². The highest BCUT2D eigenvalue weighted by molar-refractivity contribution is 6.00. The summed E-state index contributed by atoms with van der Waals surface area (Å²) < 4.78 is 7.99. The molecular weight excluding hydrogens is 384 g/mol. The first-order valence-electron chi connectivity index (χ1n) is 11.4. The summed E-state index contributed by atoms with van der Waals surface area (Å²) in [5.41, 5.74) is 3.05. The summed E-state index contributed by atoms with van der Waals surface area (Å²) in [5.74, 6) is 0.776. The maximum Gasteiger partial charge on any atom is 0.267 e. The molecule has 1 aromatic heterocycles. The molecule has 1 amide bonds. The fourth-order valence-electron chi connectivity index (χ4n) is 3.89. The zero-order chi connectivity index (χ0) is 21.9. The summed E-state index contributed by atoms with van der Waals surface area (Å²) in [5, 5.41) is 4.09. The Hall–Kier alpha value is -3.01. The molecular formula is C27H34N2O2. The lowest BCUT2D eigenvalue weighted by Gasteiger charge is -2.12. The van der Waals surface area contributed by atoms with Crippen LogP contribution in [0.1, 0.15) is 55.1 Å². The molecule has 0 atom stereocenters. The van der Waals surface area contributed by atoms with Crippen molar-refractivity contribution in [2.75, 3.05) is 13.2 Å². The van der Waals surface area contributed by atoms with Crippen molar-refractivity contribution in [3.63, 3.8) is 0 Å². The van der Waals surface area contributed by atoms with Gasteiger partial charge in [-0.25, -0.2) is 0 Å². The molecule has 164 valence electrons. The molecule has 0 bridgehead atoms. The van der Waals surface area contributed by atoms with Crippen LogP contribution < -0.4 is 10.1 Å². The third kappa shape index (κ3) is 6.24. The highest BCUT2D eigenvalue weighted by Crippen LogP contribution is 2.29. The van der Waals surface area contributed by atoms with Gasteiger partial charge in [-0.2, -0.15) is 0 Å². The van der Waals surface area contributed by atoms with Gasteiger partial charge in [-0.15, -0.1) is 0 Å². The Balaban J connectivity index is 1.80. The normalized spacial score (nSPS) is 10.9. The van der Waals surface area contributed by atoms with Crippen molar-refractivity contribution in [3.05, 3.63) is 78.5 Å². The number of hydrogen-bond donors (Lipinski definition) is 1. The van der Waals surface area contributed by atoms with E-state index in [0.717, 1.165) is 48.9 Å². The number of rotatable bonds is 13. The highest BCUT2D eigenvalue weighted by Gasteiger charge is 2.17. The summed E-state index contributed by atoms with van der Waals surface area (Å²) in [6, 6.07) is 18.5. The van der Waals surface area contributed by atoms with Crippen molar-refractivity contribution >= 4 is 16.8 Å². The first-order chi connectivity index (χ1) is 15.2. The van der Waals surface area contributed by atoms with Gasteiger partial charge in [0.15, 0.2) is 0 Å². The van der Waals surface area contributed by atoms with Gasteiger partial charge in [-0.1, -0.05) is 75.2 Å². The van der Waals surface area contributed by atoms with Crippen LogP contribution in [0.4, 0.5) is 0 Å². The fraction of sp³-hybridized carbons (Fsp3) is 0.370. The van der Waals surface area contributed by atoms with Crippen molar-refractivity contribution < 1.29 is 9.53 Å². The van der Waals surface area contributed by atoms with Crippen LogP contribution in [0.25, 0.3) is 10.9 Å². The average molecular weight is 419 g/mol. The number of ether oxygens (including phenoxy) is 1. The lowest BCUT2D eigenvalue weighted by Crippen LogP contribution is -2.27. The first kappa shape index (κ1) is 22.7. The number of nitrogens with zero attached hydrogens (tertiary/aromatic N) is 1. The lowest BCUT2D eigenvalue weighted by molar-refractivity contribution is 0.0944. The molecule has 3 rings (SSSR count). The maximum absolute atomic E-state index is 13.0. The summed E-state index contributed by atoms with van der Waals surface area (Å²) >= 11 is 0. The second-order valence-electron chi connectivity index (χ2n) is 7.88. The van der Waals surface area contributed by atoms with E-state index in [9.17, 15) is 4.79 Å². The van der Waals surface area contributed by atoms with Gasteiger partial charge in [0.2, 0.25) is 0 Å². The molecule has 2 aromatic carbocycles. The number of carbonyl (C=O) groups is 1. The van der Waals surface area contributed by atoms with Crippen molar-refractivity contribution in [3.8, 4) is 5.75 Å². The quantitative estimate of drug-likeness (QED) is 0.267. The van der Waals surface area contributed by atoms with E-state index in [0.29, 0.717) is 18.8 Å². The predicted molar refractivity (Wildman–Crippen MR) is 129 cm³/mol. The number of hydrogen-bond acceptors (Lipinski definition) is 2. The first-order valence-corrected chi connectivity index (χ1v) is 11.4. The number of aromatic nitrogens is 1. The summed E-state index contributed by atoms with van der Waals surface area (Å²) in [6.45, 7) is 7.86. The molecule has 1 heterocycles. The zero-order valence-electron chi connectivity index (χ0n) is 18.6. The van der Waals surface area contributed by atoms with E-state index >= 15 is 0 Å². The molecule has 0 saturated heterocycles. The van der Waals surface area contributed by atoms with Crippen molar-refractivity contribution in [1.29, 1.82) is 0 Å². The number of nitrogens with one attached hydrogen (secondary N) is 1. The van der Waals surface area contributed by atoms with Crippen molar-refractivity contribution in [2.24, 2.45) is 0 Å². The minimum Gasteiger partial charge on any atom is -0.489 e. The molecule has 4 heteroatoms. The number of unbranched alkanes of at least 4 members (excludes halogenated alkanes) is 3. The highest BCUT2D eigenvalue weighted by atomic mass is 16.5. The molecule has 0 saturated carbocycles. The van der Waals surface area contributed by atoms with Crippen molar-refractivity contribution in [2.45, 2.75) is 52.0 Å². The molecule has 1 N–H and O–H groups in total. The predicted octanol–water partition coefficient (Wildman–Crippen LogP) is 6.15. The number of fused-ring (bicyclic) bond motifs is 1. The zero-order valence-corrected chi connectivity index (χ0v) is 18.6. The van der Waals surface area contributed by atoms with E-state index in [2.05, 4.69) is 53.7 Å². The summed E-state index contributed by atoms with van der Waals surface area (Å²) in [4.78, 5) is 13.0. The van der Waals surface area contributed by atoms with Gasteiger partial charge in [0.1, 0.15) is 18.1 Å². The van der Waals surface area contributed by atoms with Crippen LogP contribution in [0.2, 0.25) is 0 Å². The van der Waals surface area contributed by atoms with Crippen molar-refractivity contribution in [1.82, 2.24) is 9.88 Å². The summed E-state index contributed by atoms with van der Waals surface area (Å²) in [7, 11) is 0. The topological polar surface area (TPSA) is 43.3 Å². The molecule has 0 aliphatic carbocycles. The molecule has 0 radical (unpaired) electrons. The summed E-state index contributed by atoms with van der Waals surface area (Å²) in [6.07, 6.45) is 8.24. The molecule has 3 aromatic rings. The van der Waals surface area contributed by atoms with E-state index in [1.807, 2.05) is 24.3 Å². The van der Waals surface area contributed by atoms with Gasteiger partial charge < -0.3 is 14.6 Å². The molecule has 31 heavy (non-hydrogen) atoms. The van der Waals surface area contributed by atoms with E-state index in [4.69, 9.17) is 4.74 Å². The van der Waals surface area contributed by atoms with E-state index in [1.54, 1.807) is 6.08 Å². The maximum atomic E-state index is 13.0. The molecule has 0 unspecified atom stereocenters. The fourth-order valence-corrected chi connectivity index (χ4v) is 3.89. The van der Waals surface area contributed by atoms with Crippen LogP contribution in [-0.4, -0.2) is 23.6 Å². The Morgan fingerprint density at radius 2 is 1.90 bits per heavy atom. The molecule has 0 aliphatic rings. The monoisotopic (exact) mass is 418 g/mol. The van der Waals surface area contributed by atoms with E-state index in [-0.39, 0.29) is 5.91 Å². The lowest BCUT2D eigenvalue weighted by atomic mass is 10.1. The number of benzene rings is 2. The minimum absolute atomic E-state index is 0.0120. The Bertz CT molecular complexity index is 976. The largest absolute Gasteiger partial charge is 0.489 e. The van der Waals surface area contributed by atoms with E-state index < -0.39 is 0 Å². The molecule has 4 nitrogen and oxygen atoms in total. The number of amides is 1. The molecule has 0 spiro atoms. The van der Waals surface area contributed by atoms with Crippen LogP contribution in [0.15, 0.2) is 67.3 Å². The standard InChI is InChI=1S/C27H34N2O2/c1-3-5-6-10-18-28-27(30)25-21-23-24(16-11-17-26(23)31-20-4-2)29(25)19-12-15-22-13-8-7-9-14-22/h4,7-9,11,13-14,16-17,21H,2-3,5-6,10,12,15,18-20H2,1H3,(H,28,30). The van der Waals surface area contributed by atoms with Crippen LogP contribution in [0.3, 0.4) is 0 Å². The van der Waals surface area contributed by atoms with Crippen LogP contribution >= 0.6 is 0 Å². The van der Waals surface area contributed by atoms with Gasteiger partial charge in [0.25, 0.3) is 5.91 Å². The Kier molecular flexibility index (Phi) is 8.77. The SMILES string of the molecule is C=CCOc1cccc2c1cc(C(=O)NCCCCCC)n2CCCc1ccccc1. The average Bonchev–Trinajstić information content (AvgIpc) is 3.17. The second-order valence-corrected chi connectivity index (χ2v) is 7.88.